The molecule has 3 aromatic rings. The standard InChI is InChI=1S/C17H20N4O2S/c1-11-5-8-21(24(2,22)23)10-14(11)12-3-6-18-15-9-20-17-13(16(12)15)4-7-19-17/h3-4,6-7,9,11,14H,5,8,10H2,1-2H3,(H,19,20). The molecular formula is C17H20N4O2S. The van der Waals surface area contributed by atoms with E-state index in [0.717, 1.165) is 33.9 Å². The fraction of sp³-hybridized carbons (Fsp3) is 0.412. The molecule has 0 amide bonds. The van der Waals surface area contributed by atoms with E-state index >= 15 is 0 Å². The molecule has 1 fully saturated rings. The number of H-pyrrole nitrogens is 1. The quantitative estimate of drug-likeness (QED) is 0.775. The second-order valence-electron chi connectivity index (χ2n) is 6.65. The lowest BCUT2D eigenvalue weighted by Gasteiger charge is -2.36. The van der Waals surface area contributed by atoms with Crippen LogP contribution < -0.4 is 0 Å². The van der Waals surface area contributed by atoms with Gasteiger partial charge in [-0.15, -0.1) is 0 Å². The minimum atomic E-state index is -3.18. The van der Waals surface area contributed by atoms with Crippen LogP contribution in [0.1, 0.15) is 24.8 Å². The average molecular weight is 344 g/mol. The molecule has 24 heavy (non-hydrogen) atoms. The van der Waals surface area contributed by atoms with Gasteiger partial charge in [-0.05, 0) is 30.0 Å². The van der Waals surface area contributed by atoms with Gasteiger partial charge in [-0.2, -0.15) is 0 Å². The molecule has 6 nitrogen and oxygen atoms in total. The average Bonchev–Trinajstić information content (AvgIpc) is 3.02. The first-order valence-corrected chi connectivity index (χ1v) is 9.96. The maximum atomic E-state index is 12.0. The summed E-state index contributed by atoms with van der Waals surface area (Å²) in [4.78, 5) is 12.0. The lowest BCUT2D eigenvalue weighted by atomic mass is 9.81. The van der Waals surface area contributed by atoms with Gasteiger partial charge in [-0.1, -0.05) is 6.92 Å². The number of aromatic amines is 1. The third-order valence-electron chi connectivity index (χ3n) is 5.11. The molecule has 0 aromatic carbocycles. The summed E-state index contributed by atoms with van der Waals surface area (Å²) in [6.45, 7) is 3.32. The lowest BCUT2D eigenvalue weighted by Crippen LogP contribution is -2.41. The number of fused-ring (bicyclic) bond motifs is 3. The Hall–Kier alpha value is -1.99. The normalized spacial score (nSPS) is 23.1. The molecular weight excluding hydrogens is 324 g/mol. The van der Waals surface area contributed by atoms with E-state index in [-0.39, 0.29) is 5.92 Å². The third kappa shape index (κ3) is 2.48. The van der Waals surface area contributed by atoms with E-state index in [2.05, 4.69) is 21.9 Å². The molecule has 0 spiro atoms. The van der Waals surface area contributed by atoms with E-state index in [1.807, 2.05) is 18.3 Å². The van der Waals surface area contributed by atoms with Crippen LogP contribution in [-0.4, -0.2) is 47.0 Å². The van der Waals surface area contributed by atoms with Crippen LogP contribution in [0.5, 0.6) is 0 Å². The number of nitrogens with one attached hydrogen (secondary N) is 1. The number of aromatic nitrogens is 3. The number of hydrogen-bond acceptors (Lipinski definition) is 4. The van der Waals surface area contributed by atoms with Crippen LogP contribution in [0, 0.1) is 5.92 Å². The zero-order valence-corrected chi connectivity index (χ0v) is 14.5. The highest BCUT2D eigenvalue weighted by Crippen LogP contribution is 2.38. The number of pyridine rings is 2. The van der Waals surface area contributed by atoms with E-state index in [0.29, 0.717) is 19.0 Å². The van der Waals surface area contributed by atoms with Crippen LogP contribution in [0.2, 0.25) is 0 Å². The predicted molar refractivity (Wildman–Crippen MR) is 94.3 cm³/mol. The van der Waals surface area contributed by atoms with Gasteiger partial charge >= 0.3 is 0 Å². The van der Waals surface area contributed by atoms with Crippen LogP contribution in [-0.2, 0) is 10.0 Å². The van der Waals surface area contributed by atoms with Gasteiger partial charge in [-0.25, -0.2) is 17.7 Å². The molecule has 2 atom stereocenters. The molecule has 1 aliphatic heterocycles. The summed E-state index contributed by atoms with van der Waals surface area (Å²) in [5.41, 5.74) is 2.84. The monoisotopic (exact) mass is 344 g/mol. The summed E-state index contributed by atoms with van der Waals surface area (Å²) < 4.78 is 25.6. The number of nitrogens with zero attached hydrogens (tertiary/aromatic N) is 3. The lowest BCUT2D eigenvalue weighted by molar-refractivity contribution is 0.253. The molecule has 1 saturated heterocycles. The molecule has 1 aliphatic rings. The van der Waals surface area contributed by atoms with Gasteiger partial charge in [0.25, 0.3) is 0 Å². The molecule has 4 heterocycles. The Labute approximate surface area is 141 Å². The Kier molecular flexibility index (Phi) is 3.58. The third-order valence-corrected chi connectivity index (χ3v) is 6.38. The summed E-state index contributed by atoms with van der Waals surface area (Å²) in [7, 11) is -3.18. The highest BCUT2D eigenvalue weighted by atomic mass is 32.2. The number of sulfonamides is 1. The Bertz CT molecular complexity index is 1010. The number of piperidine rings is 1. The van der Waals surface area contributed by atoms with Crippen molar-refractivity contribution in [1.29, 1.82) is 0 Å². The first-order chi connectivity index (χ1) is 11.4. The molecule has 126 valence electrons. The van der Waals surface area contributed by atoms with E-state index in [1.54, 1.807) is 16.7 Å². The topological polar surface area (TPSA) is 79.0 Å². The van der Waals surface area contributed by atoms with Gasteiger partial charge in [-0.3, -0.25) is 4.98 Å². The Morgan fingerprint density at radius 2 is 2.12 bits per heavy atom. The predicted octanol–water partition coefficient (Wildman–Crippen LogP) is 2.50. The fourth-order valence-corrected chi connectivity index (χ4v) is 4.60. The zero-order chi connectivity index (χ0) is 16.9. The van der Waals surface area contributed by atoms with E-state index < -0.39 is 10.0 Å². The van der Waals surface area contributed by atoms with Crippen molar-refractivity contribution in [3.63, 3.8) is 0 Å². The van der Waals surface area contributed by atoms with Crippen molar-refractivity contribution in [1.82, 2.24) is 19.3 Å². The smallest absolute Gasteiger partial charge is 0.211 e. The summed E-state index contributed by atoms with van der Waals surface area (Å²) in [6.07, 6.45) is 7.60. The SMILES string of the molecule is CC1CCN(S(C)(=O)=O)CC1c1ccnc2cnc3[nH]ccc3c12. The molecule has 2 unspecified atom stereocenters. The Morgan fingerprint density at radius 3 is 2.92 bits per heavy atom. The van der Waals surface area contributed by atoms with Crippen LogP contribution in [0.15, 0.2) is 30.7 Å². The summed E-state index contributed by atoms with van der Waals surface area (Å²) in [5.74, 6) is 0.565. The van der Waals surface area contributed by atoms with Crippen LogP contribution >= 0.6 is 0 Å². The molecule has 0 saturated carbocycles. The highest BCUT2D eigenvalue weighted by molar-refractivity contribution is 7.88. The van der Waals surface area contributed by atoms with Gasteiger partial charge in [0.05, 0.1) is 18.0 Å². The van der Waals surface area contributed by atoms with E-state index in [9.17, 15) is 8.42 Å². The maximum absolute atomic E-state index is 12.0. The molecule has 1 N–H and O–H groups in total. The molecule has 0 radical (unpaired) electrons. The Balaban J connectivity index is 1.90. The Morgan fingerprint density at radius 1 is 1.29 bits per heavy atom. The molecule has 0 aliphatic carbocycles. The van der Waals surface area contributed by atoms with Crippen molar-refractivity contribution >= 4 is 32.0 Å². The van der Waals surface area contributed by atoms with Crippen molar-refractivity contribution in [3.05, 3.63) is 36.3 Å². The first kappa shape index (κ1) is 15.5. The van der Waals surface area contributed by atoms with E-state index in [1.165, 1.54) is 6.26 Å². The van der Waals surface area contributed by atoms with Crippen molar-refractivity contribution in [2.45, 2.75) is 19.3 Å². The first-order valence-electron chi connectivity index (χ1n) is 8.11. The van der Waals surface area contributed by atoms with Crippen molar-refractivity contribution in [2.24, 2.45) is 5.92 Å². The van der Waals surface area contributed by atoms with Gasteiger partial charge in [0.2, 0.25) is 10.0 Å². The summed E-state index contributed by atoms with van der Waals surface area (Å²) in [6, 6.07) is 4.04. The van der Waals surface area contributed by atoms with Gasteiger partial charge in [0.1, 0.15) is 5.65 Å². The second kappa shape index (κ2) is 5.53. The minimum Gasteiger partial charge on any atom is -0.346 e. The summed E-state index contributed by atoms with van der Waals surface area (Å²) in [5, 5.41) is 2.12. The second-order valence-corrected chi connectivity index (χ2v) is 8.63. The van der Waals surface area contributed by atoms with Crippen LogP contribution in [0.3, 0.4) is 0 Å². The van der Waals surface area contributed by atoms with E-state index in [4.69, 9.17) is 0 Å². The molecule has 4 rings (SSSR count). The van der Waals surface area contributed by atoms with Crippen molar-refractivity contribution < 1.29 is 8.42 Å². The van der Waals surface area contributed by atoms with Crippen molar-refractivity contribution in [3.8, 4) is 0 Å². The molecule has 0 bridgehead atoms. The largest absolute Gasteiger partial charge is 0.346 e. The zero-order valence-electron chi connectivity index (χ0n) is 13.7. The number of hydrogen-bond donors (Lipinski definition) is 1. The van der Waals surface area contributed by atoms with Gasteiger partial charge in [0, 0.05) is 42.2 Å². The summed E-state index contributed by atoms with van der Waals surface area (Å²) >= 11 is 0. The number of rotatable bonds is 2. The van der Waals surface area contributed by atoms with Crippen LogP contribution in [0.25, 0.3) is 21.9 Å². The maximum Gasteiger partial charge on any atom is 0.211 e. The highest BCUT2D eigenvalue weighted by Gasteiger charge is 2.32. The fourth-order valence-electron chi connectivity index (χ4n) is 3.73. The molecule has 7 heteroatoms. The minimum absolute atomic E-state index is 0.152. The van der Waals surface area contributed by atoms with Gasteiger partial charge in [0.15, 0.2) is 0 Å². The molecule has 3 aromatic heterocycles. The van der Waals surface area contributed by atoms with Crippen molar-refractivity contribution in [2.75, 3.05) is 19.3 Å². The van der Waals surface area contributed by atoms with Crippen LogP contribution in [0.4, 0.5) is 0 Å². The van der Waals surface area contributed by atoms with Gasteiger partial charge < -0.3 is 4.98 Å².